The molecule has 3 rings (SSSR count). The Morgan fingerprint density at radius 1 is 1.03 bits per heavy atom. The minimum absolute atomic E-state index is 0.0115. The summed E-state index contributed by atoms with van der Waals surface area (Å²) < 4.78 is 16.8. The fourth-order valence-electron chi connectivity index (χ4n) is 5.02. The number of benzene rings is 2. The van der Waals surface area contributed by atoms with Gasteiger partial charge in [-0.2, -0.15) is 0 Å². The first-order valence-corrected chi connectivity index (χ1v) is 11.1. The second-order valence-electron chi connectivity index (χ2n) is 9.26. The highest BCUT2D eigenvalue weighted by Gasteiger charge is 2.45. The topological polar surface area (TPSA) is 60.0 Å². The van der Waals surface area contributed by atoms with Crippen LogP contribution in [0.2, 0.25) is 0 Å². The number of hydrogen-bond acceptors (Lipinski definition) is 5. The lowest BCUT2D eigenvalue weighted by Gasteiger charge is -2.49. The predicted molar refractivity (Wildman–Crippen MR) is 124 cm³/mol. The molecule has 1 heterocycles. The zero-order valence-corrected chi connectivity index (χ0v) is 19.3. The molecule has 1 aliphatic heterocycles. The third kappa shape index (κ3) is 6.00. The van der Waals surface area contributed by atoms with Gasteiger partial charge < -0.3 is 24.6 Å². The van der Waals surface area contributed by atoms with Crippen LogP contribution in [0.4, 0.5) is 0 Å². The fraction of sp³-hybridized carbons (Fsp3) is 0.538. The second kappa shape index (κ2) is 10.5. The van der Waals surface area contributed by atoms with Crippen molar-refractivity contribution in [2.24, 2.45) is 11.3 Å². The van der Waals surface area contributed by atoms with Gasteiger partial charge in [-0.05, 0) is 61.8 Å². The first-order chi connectivity index (χ1) is 14.9. The second-order valence-corrected chi connectivity index (χ2v) is 9.26. The maximum Gasteiger partial charge on any atom is 0.161 e. The van der Waals surface area contributed by atoms with E-state index in [4.69, 9.17) is 14.2 Å². The molecule has 0 unspecified atom stereocenters. The van der Waals surface area contributed by atoms with E-state index >= 15 is 0 Å². The van der Waals surface area contributed by atoms with Crippen LogP contribution in [0.3, 0.4) is 0 Å². The van der Waals surface area contributed by atoms with Crippen LogP contribution in [0, 0.1) is 11.3 Å². The SMILES string of the molecule is COc1ccc(CNC[C@H](CO)[C@@]2(Cc3ccccc3)CCOC(C)(C)C2)cc1OC. The molecule has 2 atom stereocenters. The van der Waals surface area contributed by atoms with Gasteiger partial charge in [0.25, 0.3) is 0 Å². The van der Waals surface area contributed by atoms with Crippen molar-refractivity contribution in [3.8, 4) is 11.5 Å². The van der Waals surface area contributed by atoms with Gasteiger partial charge >= 0.3 is 0 Å². The summed E-state index contributed by atoms with van der Waals surface area (Å²) in [7, 11) is 3.29. The summed E-state index contributed by atoms with van der Waals surface area (Å²) >= 11 is 0. The Morgan fingerprint density at radius 2 is 1.77 bits per heavy atom. The normalized spacial score (nSPS) is 21.5. The van der Waals surface area contributed by atoms with E-state index in [1.54, 1.807) is 14.2 Å². The molecular formula is C26H37NO4. The molecule has 2 aromatic rings. The Kier molecular flexibility index (Phi) is 7.98. The molecule has 0 spiro atoms. The third-order valence-corrected chi connectivity index (χ3v) is 6.52. The molecule has 0 amide bonds. The van der Waals surface area contributed by atoms with Crippen LogP contribution in [0.25, 0.3) is 0 Å². The largest absolute Gasteiger partial charge is 0.493 e. The number of aliphatic hydroxyl groups is 1. The van der Waals surface area contributed by atoms with Crippen molar-refractivity contribution in [3.63, 3.8) is 0 Å². The van der Waals surface area contributed by atoms with Gasteiger partial charge in [0.05, 0.1) is 19.8 Å². The first-order valence-electron chi connectivity index (χ1n) is 11.1. The molecule has 31 heavy (non-hydrogen) atoms. The van der Waals surface area contributed by atoms with E-state index in [1.165, 1.54) is 5.56 Å². The van der Waals surface area contributed by atoms with Crippen molar-refractivity contribution in [1.29, 1.82) is 0 Å². The van der Waals surface area contributed by atoms with Crippen LogP contribution in [-0.4, -0.2) is 44.7 Å². The van der Waals surface area contributed by atoms with Gasteiger partial charge in [-0.15, -0.1) is 0 Å². The number of nitrogens with one attached hydrogen (secondary N) is 1. The van der Waals surface area contributed by atoms with E-state index in [0.29, 0.717) is 6.54 Å². The summed E-state index contributed by atoms with van der Waals surface area (Å²) in [5, 5.41) is 14.0. The van der Waals surface area contributed by atoms with Crippen molar-refractivity contribution in [2.45, 2.75) is 45.3 Å². The number of rotatable bonds is 10. The van der Waals surface area contributed by atoms with Crippen LogP contribution >= 0.6 is 0 Å². The molecule has 5 nitrogen and oxygen atoms in total. The van der Waals surface area contributed by atoms with E-state index in [9.17, 15) is 5.11 Å². The van der Waals surface area contributed by atoms with Crippen molar-refractivity contribution in [1.82, 2.24) is 5.32 Å². The molecule has 0 aromatic heterocycles. The molecule has 0 bridgehead atoms. The molecule has 5 heteroatoms. The molecule has 1 saturated heterocycles. The van der Waals surface area contributed by atoms with E-state index in [1.807, 2.05) is 18.2 Å². The average molecular weight is 428 g/mol. The van der Waals surface area contributed by atoms with Crippen LogP contribution in [0.15, 0.2) is 48.5 Å². The number of ether oxygens (including phenoxy) is 3. The third-order valence-electron chi connectivity index (χ3n) is 6.52. The quantitative estimate of drug-likeness (QED) is 0.595. The number of aliphatic hydroxyl groups excluding tert-OH is 1. The van der Waals surface area contributed by atoms with Gasteiger partial charge in [0.2, 0.25) is 0 Å². The van der Waals surface area contributed by atoms with Crippen LogP contribution in [-0.2, 0) is 17.7 Å². The average Bonchev–Trinajstić information content (AvgIpc) is 2.76. The van der Waals surface area contributed by atoms with E-state index in [-0.39, 0.29) is 23.5 Å². The summed E-state index contributed by atoms with van der Waals surface area (Å²) in [4.78, 5) is 0. The highest BCUT2D eigenvalue weighted by Crippen LogP contribution is 2.46. The molecule has 0 radical (unpaired) electrons. The molecule has 170 valence electrons. The molecule has 2 aromatic carbocycles. The smallest absolute Gasteiger partial charge is 0.161 e. The van der Waals surface area contributed by atoms with Gasteiger partial charge in [0.1, 0.15) is 0 Å². The van der Waals surface area contributed by atoms with Gasteiger partial charge in [-0.25, -0.2) is 0 Å². The van der Waals surface area contributed by atoms with E-state index in [2.05, 4.69) is 49.5 Å². The fourth-order valence-corrected chi connectivity index (χ4v) is 5.02. The summed E-state index contributed by atoms with van der Waals surface area (Å²) in [6.45, 7) is 6.66. The minimum atomic E-state index is -0.191. The van der Waals surface area contributed by atoms with Crippen molar-refractivity contribution in [2.75, 3.05) is 34.0 Å². The van der Waals surface area contributed by atoms with Crippen LogP contribution in [0.5, 0.6) is 11.5 Å². The first kappa shape index (κ1) is 23.6. The van der Waals surface area contributed by atoms with Gasteiger partial charge in [0, 0.05) is 32.2 Å². The Labute approximate surface area is 186 Å². The summed E-state index contributed by atoms with van der Waals surface area (Å²) in [6.07, 6.45) is 2.83. The Bertz CT molecular complexity index is 823. The highest BCUT2D eigenvalue weighted by molar-refractivity contribution is 5.42. The Morgan fingerprint density at radius 3 is 2.42 bits per heavy atom. The molecule has 0 aliphatic carbocycles. The van der Waals surface area contributed by atoms with E-state index < -0.39 is 0 Å². The lowest BCUT2D eigenvalue weighted by atomic mass is 9.63. The van der Waals surface area contributed by atoms with Crippen LogP contribution < -0.4 is 14.8 Å². The van der Waals surface area contributed by atoms with Crippen molar-refractivity contribution < 1.29 is 19.3 Å². The Hall–Kier alpha value is -2.08. The summed E-state index contributed by atoms with van der Waals surface area (Å²) in [6, 6.07) is 16.6. The zero-order chi connectivity index (χ0) is 22.3. The standard InChI is InChI=1S/C26H37NO4/c1-25(2)19-26(12-13-31-25,15-20-8-6-5-7-9-20)22(18-28)17-27-16-21-10-11-23(29-3)24(14-21)30-4/h5-11,14,22,27-28H,12-13,15-19H2,1-4H3/t22-,26-/m1/s1. The number of methoxy groups -OCH3 is 2. The van der Waals surface area contributed by atoms with E-state index in [0.717, 1.165) is 49.5 Å². The Balaban J connectivity index is 1.73. The molecule has 1 aliphatic rings. The molecular weight excluding hydrogens is 390 g/mol. The molecule has 1 fully saturated rings. The van der Waals surface area contributed by atoms with Gasteiger partial charge in [0.15, 0.2) is 11.5 Å². The minimum Gasteiger partial charge on any atom is -0.493 e. The number of hydrogen-bond donors (Lipinski definition) is 2. The van der Waals surface area contributed by atoms with Crippen molar-refractivity contribution in [3.05, 3.63) is 59.7 Å². The predicted octanol–water partition coefficient (Wildman–Crippen LogP) is 4.22. The highest BCUT2D eigenvalue weighted by atomic mass is 16.5. The molecule has 2 N–H and O–H groups in total. The molecule has 0 saturated carbocycles. The van der Waals surface area contributed by atoms with Gasteiger partial charge in [-0.1, -0.05) is 36.4 Å². The summed E-state index contributed by atoms with van der Waals surface area (Å²) in [5.74, 6) is 1.59. The lowest BCUT2D eigenvalue weighted by Crippen LogP contribution is -2.50. The summed E-state index contributed by atoms with van der Waals surface area (Å²) in [5.41, 5.74) is 2.24. The maximum absolute atomic E-state index is 10.4. The monoisotopic (exact) mass is 427 g/mol. The van der Waals surface area contributed by atoms with Gasteiger partial charge in [-0.3, -0.25) is 0 Å². The lowest BCUT2D eigenvalue weighted by molar-refractivity contribution is -0.127. The maximum atomic E-state index is 10.4. The van der Waals surface area contributed by atoms with Crippen molar-refractivity contribution >= 4 is 0 Å². The van der Waals surface area contributed by atoms with Crippen LogP contribution in [0.1, 0.15) is 37.8 Å². The zero-order valence-electron chi connectivity index (χ0n) is 19.3.